The quantitative estimate of drug-likeness (QED) is 0.805. The molecular formula is C13H18N4O3. The van der Waals surface area contributed by atoms with Crippen molar-refractivity contribution < 1.29 is 14.4 Å². The normalized spacial score (nSPS) is 11.6. The van der Waals surface area contributed by atoms with Crippen LogP contribution in [0.3, 0.4) is 0 Å². The molecule has 0 aliphatic heterocycles. The molecule has 0 aliphatic carbocycles. The van der Waals surface area contributed by atoms with Gasteiger partial charge in [-0.3, -0.25) is 4.84 Å². The maximum absolute atomic E-state index is 11.6. The molecule has 1 aromatic heterocycles. The minimum atomic E-state index is -0.843. The van der Waals surface area contributed by atoms with Crippen LogP contribution in [0.4, 0.5) is 10.6 Å². The molecule has 0 fully saturated rings. The predicted molar refractivity (Wildman–Crippen MR) is 74.9 cm³/mol. The van der Waals surface area contributed by atoms with E-state index in [2.05, 4.69) is 5.10 Å². The summed E-state index contributed by atoms with van der Waals surface area (Å²) >= 11 is 0. The van der Waals surface area contributed by atoms with E-state index in [1.54, 1.807) is 26.8 Å². The molecule has 0 radical (unpaired) electrons. The second kappa shape index (κ2) is 5.01. The van der Waals surface area contributed by atoms with E-state index in [4.69, 9.17) is 21.0 Å². The van der Waals surface area contributed by atoms with E-state index in [1.807, 2.05) is 12.1 Å². The van der Waals surface area contributed by atoms with Gasteiger partial charge in [0.2, 0.25) is 0 Å². The van der Waals surface area contributed by atoms with E-state index in [-0.39, 0.29) is 5.82 Å². The summed E-state index contributed by atoms with van der Waals surface area (Å²) in [6, 6.07) is 5.37. The molecule has 0 aliphatic rings. The molecule has 0 bridgehead atoms. The molecule has 108 valence electrons. The minimum absolute atomic E-state index is 0.263. The summed E-state index contributed by atoms with van der Waals surface area (Å²) in [6.45, 7) is 5.64. The van der Waals surface area contributed by atoms with Gasteiger partial charge in [0.15, 0.2) is 5.82 Å². The number of carbonyl (C=O) groups is 1. The van der Waals surface area contributed by atoms with Crippen molar-refractivity contribution in [2.45, 2.75) is 32.9 Å². The molecule has 0 saturated heterocycles. The second-order valence-electron chi connectivity index (χ2n) is 5.37. The lowest BCUT2D eigenvalue weighted by Gasteiger charge is -2.18. The van der Waals surface area contributed by atoms with Crippen LogP contribution in [0, 0.1) is 0 Å². The zero-order valence-corrected chi connectivity index (χ0v) is 11.7. The number of aromatic nitrogens is 2. The van der Waals surface area contributed by atoms with E-state index in [1.165, 1.54) is 0 Å². The minimum Gasteiger partial charge on any atom is -0.427 e. The summed E-state index contributed by atoms with van der Waals surface area (Å²) < 4.78 is 5.06. The topological polar surface area (TPSA) is 105 Å². The number of fused-ring (bicyclic) bond motifs is 1. The second-order valence-corrected chi connectivity index (χ2v) is 5.37. The molecule has 2 rings (SSSR count). The first-order valence-corrected chi connectivity index (χ1v) is 6.18. The van der Waals surface area contributed by atoms with Crippen molar-refractivity contribution in [2.75, 3.05) is 5.73 Å². The van der Waals surface area contributed by atoms with Gasteiger partial charge in [-0.25, -0.2) is 4.79 Å². The van der Waals surface area contributed by atoms with E-state index in [0.717, 1.165) is 10.4 Å². The fraction of sp³-hybridized carbons (Fsp3) is 0.385. The lowest BCUT2D eigenvalue weighted by atomic mass is 10.1. The molecule has 0 atom stereocenters. The standard InChI is InChI=1S/C13H18N4O3/c1-13(2,3)19-12(18)20-17-10-5-4-8(7-14)6-9(10)11(15)16-17/h4-6H,7,14H2,1-3H3,(H2,15,16). The summed E-state index contributed by atoms with van der Waals surface area (Å²) in [6.07, 6.45) is -0.843. The van der Waals surface area contributed by atoms with Crippen molar-refractivity contribution in [1.29, 1.82) is 0 Å². The Morgan fingerprint density at radius 1 is 1.40 bits per heavy atom. The van der Waals surface area contributed by atoms with Gasteiger partial charge in [0.1, 0.15) is 11.1 Å². The van der Waals surface area contributed by atoms with E-state index in [0.29, 0.717) is 17.4 Å². The fourth-order valence-corrected chi connectivity index (χ4v) is 1.70. The molecule has 0 saturated carbocycles. The number of benzene rings is 1. The van der Waals surface area contributed by atoms with Crippen LogP contribution in [0.25, 0.3) is 10.9 Å². The number of nitrogens with zero attached hydrogens (tertiary/aromatic N) is 2. The molecule has 1 aromatic carbocycles. The average molecular weight is 278 g/mol. The van der Waals surface area contributed by atoms with Gasteiger partial charge < -0.3 is 16.2 Å². The molecule has 7 heteroatoms. The number of hydrogen-bond acceptors (Lipinski definition) is 6. The van der Waals surface area contributed by atoms with Gasteiger partial charge in [-0.1, -0.05) is 10.9 Å². The predicted octanol–water partition coefficient (Wildman–Crippen LogP) is 1.44. The molecule has 20 heavy (non-hydrogen) atoms. The number of anilines is 1. The van der Waals surface area contributed by atoms with Crippen molar-refractivity contribution in [3.63, 3.8) is 0 Å². The van der Waals surface area contributed by atoms with Crippen LogP contribution < -0.4 is 16.3 Å². The summed E-state index contributed by atoms with van der Waals surface area (Å²) in [7, 11) is 0. The molecular weight excluding hydrogens is 260 g/mol. The van der Waals surface area contributed by atoms with Crippen molar-refractivity contribution in [1.82, 2.24) is 9.94 Å². The van der Waals surface area contributed by atoms with E-state index < -0.39 is 11.8 Å². The number of carbonyl (C=O) groups excluding carboxylic acids is 1. The van der Waals surface area contributed by atoms with Crippen LogP contribution in [0.1, 0.15) is 26.3 Å². The van der Waals surface area contributed by atoms with Gasteiger partial charge >= 0.3 is 6.16 Å². The maximum Gasteiger partial charge on any atom is 0.535 e. The number of nitrogen functional groups attached to an aromatic ring is 1. The highest BCUT2D eigenvalue weighted by Gasteiger charge is 2.20. The first-order chi connectivity index (χ1) is 9.30. The lowest BCUT2D eigenvalue weighted by Crippen LogP contribution is -2.30. The molecule has 0 spiro atoms. The Hall–Kier alpha value is -2.28. The van der Waals surface area contributed by atoms with Crippen molar-refractivity contribution in [3.8, 4) is 0 Å². The van der Waals surface area contributed by atoms with Gasteiger partial charge in [-0.15, -0.1) is 5.10 Å². The van der Waals surface area contributed by atoms with Crippen LogP contribution in [-0.4, -0.2) is 21.7 Å². The third-order valence-corrected chi connectivity index (χ3v) is 2.53. The average Bonchev–Trinajstić information content (AvgIpc) is 2.63. The largest absolute Gasteiger partial charge is 0.535 e. The lowest BCUT2D eigenvalue weighted by molar-refractivity contribution is -0.0146. The molecule has 2 aromatic rings. The Labute approximate surface area is 116 Å². The molecule has 1 heterocycles. The third kappa shape index (κ3) is 3.00. The number of nitrogens with two attached hydrogens (primary N) is 2. The first-order valence-electron chi connectivity index (χ1n) is 6.18. The Morgan fingerprint density at radius 2 is 2.10 bits per heavy atom. The van der Waals surface area contributed by atoms with Crippen LogP contribution in [0.5, 0.6) is 0 Å². The maximum atomic E-state index is 11.6. The van der Waals surface area contributed by atoms with Gasteiger partial charge in [-0.05, 0) is 38.5 Å². The molecule has 0 amide bonds. The highest BCUT2D eigenvalue weighted by atomic mass is 16.8. The Morgan fingerprint density at radius 3 is 2.70 bits per heavy atom. The Balaban J connectivity index is 2.29. The summed E-state index contributed by atoms with van der Waals surface area (Å²) in [4.78, 5) is 17.7. The Kier molecular flexibility index (Phi) is 3.54. The van der Waals surface area contributed by atoms with Gasteiger partial charge in [0.05, 0.1) is 0 Å². The van der Waals surface area contributed by atoms with Crippen LogP contribution >= 0.6 is 0 Å². The summed E-state index contributed by atoms with van der Waals surface area (Å²) in [5.74, 6) is 0.263. The number of rotatable bonds is 2. The SMILES string of the molecule is CC(C)(C)OC(=O)On1nc(N)c2cc(CN)ccc21. The van der Waals surface area contributed by atoms with Crippen molar-refractivity contribution >= 4 is 22.9 Å². The summed E-state index contributed by atoms with van der Waals surface area (Å²) in [5, 5.41) is 4.64. The summed E-state index contributed by atoms with van der Waals surface area (Å²) in [5.41, 5.74) is 12.2. The number of hydrogen-bond donors (Lipinski definition) is 2. The third-order valence-electron chi connectivity index (χ3n) is 2.53. The van der Waals surface area contributed by atoms with Gasteiger partial charge in [0, 0.05) is 11.9 Å². The van der Waals surface area contributed by atoms with E-state index in [9.17, 15) is 4.79 Å². The highest BCUT2D eigenvalue weighted by molar-refractivity contribution is 5.89. The van der Waals surface area contributed by atoms with Crippen molar-refractivity contribution in [3.05, 3.63) is 23.8 Å². The Bertz CT molecular complexity index is 643. The molecule has 7 nitrogen and oxygen atoms in total. The zero-order chi connectivity index (χ0) is 14.9. The zero-order valence-electron chi connectivity index (χ0n) is 11.7. The first kappa shape index (κ1) is 14.1. The smallest absolute Gasteiger partial charge is 0.427 e. The van der Waals surface area contributed by atoms with Crippen LogP contribution in [0.2, 0.25) is 0 Å². The van der Waals surface area contributed by atoms with Crippen LogP contribution in [-0.2, 0) is 11.3 Å². The highest BCUT2D eigenvalue weighted by Crippen LogP contribution is 2.21. The number of ether oxygens (including phenoxy) is 1. The van der Waals surface area contributed by atoms with E-state index >= 15 is 0 Å². The van der Waals surface area contributed by atoms with Gasteiger partial charge in [-0.2, -0.15) is 0 Å². The van der Waals surface area contributed by atoms with Crippen LogP contribution in [0.15, 0.2) is 18.2 Å². The van der Waals surface area contributed by atoms with Crippen molar-refractivity contribution in [2.24, 2.45) is 5.73 Å². The fourth-order valence-electron chi connectivity index (χ4n) is 1.70. The van der Waals surface area contributed by atoms with Gasteiger partial charge in [0.25, 0.3) is 0 Å². The molecule has 4 N–H and O–H groups in total. The monoisotopic (exact) mass is 278 g/mol. The molecule has 0 unspecified atom stereocenters.